The Kier molecular flexibility index (Phi) is 5.76. The number of aromatic nitrogens is 2. The van der Waals surface area contributed by atoms with E-state index in [4.69, 9.17) is 13.6 Å². The third-order valence-corrected chi connectivity index (χ3v) is 5.69. The lowest BCUT2D eigenvalue weighted by Gasteiger charge is -2.08. The van der Waals surface area contributed by atoms with Gasteiger partial charge in [0.25, 0.3) is 0 Å². The number of aromatic hydroxyl groups is 2. The van der Waals surface area contributed by atoms with Crippen LogP contribution in [0.1, 0.15) is 16.1 Å². The highest BCUT2D eigenvalue weighted by Crippen LogP contribution is 2.40. The highest BCUT2D eigenvalue weighted by Gasteiger charge is 2.24. The minimum absolute atomic E-state index is 0.0758. The second-order valence-electron chi connectivity index (χ2n) is 8.11. The number of carboxylic acids is 1. The fourth-order valence-corrected chi connectivity index (χ4v) is 3.96. The van der Waals surface area contributed by atoms with E-state index < -0.39 is 17.1 Å². The number of nitrogens with zero attached hydrogens (tertiary/aromatic N) is 1. The van der Waals surface area contributed by atoms with E-state index in [0.717, 1.165) is 6.07 Å². The number of ether oxygens (including phenoxy) is 1. The Morgan fingerprint density at radius 3 is 2.51 bits per heavy atom. The zero-order valence-electron chi connectivity index (χ0n) is 19.6. The number of hydrogen-bond donors (Lipinski definition) is 4. The summed E-state index contributed by atoms with van der Waals surface area (Å²) in [6.07, 6.45) is 0. The van der Waals surface area contributed by atoms with E-state index in [2.05, 4.69) is 9.97 Å². The maximum atomic E-state index is 12.3. The van der Waals surface area contributed by atoms with Crippen LogP contribution in [-0.4, -0.2) is 38.4 Å². The van der Waals surface area contributed by atoms with E-state index >= 15 is 0 Å². The lowest BCUT2D eigenvalue weighted by Crippen LogP contribution is -2.01. The van der Waals surface area contributed by atoms with Gasteiger partial charge in [0, 0.05) is 17.2 Å². The van der Waals surface area contributed by atoms with E-state index in [0.29, 0.717) is 16.9 Å². The zero-order valence-corrected chi connectivity index (χ0v) is 19.6. The molecule has 10 heteroatoms. The number of imidazole rings is 1. The highest BCUT2D eigenvalue weighted by atomic mass is 16.5. The van der Waals surface area contributed by atoms with Crippen molar-refractivity contribution in [1.82, 2.24) is 9.97 Å². The Morgan fingerprint density at radius 2 is 1.76 bits per heavy atom. The summed E-state index contributed by atoms with van der Waals surface area (Å²) < 4.78 is 16.8. The Hall–Kier alpha value is -5.25. The maximum Gasteiger partial charge on any atom is 0.336 e. The Bertz CT molecular complexity index is 1710. The number of rotatable bonds is 6. The van der Waals surface area contributed by atoms with Crippen LogP contribution in [0.15, 0.2) is 74.3 Å². The first-order valence-electron chi connectivity index (χ1n) is 11.0. The molecule has 4 N–H and O–H groups in total. The van der Waals surface area contributed by atoms with Crippen molar-refractivity contribution in [3.63, 3.8) is 0 Å². The topological polar surface area (TPSA) is 159 Å². The van der Waals surface area contributed by atoms with E-state index in [9.17, 15) is 24.9 Å². The molecule has 10 nitrogen and oxygen atoms in total. The summed E-state index contributed by atoms with van der Waals surface area (Å²) in [5.41, 5.74) is 0.783. The van der Waals surface area contributed by atoms with E-state index in [1.807, 2.05) is 0 Å². The average Bonchev–Trinajstić information content (AvgIpc) is 3.54. The Balaban J connectivity index is 1.69. The second kappa shape index (κ2) is 9.08. The number of furan rings is 1. The van der Waals surface area contributed by atoms with Crippen LogP contribution in [-0.2, 0) is 0 Å². The van der Waals surface area contributed by atoms with Crippen LogP contribution in [0.5, 0.6) is 17.2 Å². The van der Waals surface area contributed by atoms with Gasteiger partial charge < -0.3 is 33.9 Å². The molecule has 0 saturated carbocycles. The third-order valence-electron chi connectivity index (χ3n) is 5.69. The van der Waals surface area contributed by atoms with Crippen LogP contribution in [0.4, 0.5) is 0 Å². The van der Waals surface area contributed by atoms with Gasteiger partial charge >= 0.3 is 5.97 Å². The van der Waals surface area contributed by atoms with Crippen LogP contribution in [0.25, 0.3) is 45.6 Å². The van der Waals surface area contributed by atoms with Gasteiger partial charge in [0.15, 0.2) is 28.8 Å². The highest BCUT2D eigenvalue weighted by molar-refractivity contribution is 5.95. The van der Waals surface area contributed by atoms with Crippen molar-refractivity contribution < 1.29 is 33.7 Å². The molecule has 5 aromatic rings. The van der Waals surface area contributed by atoms with E-state index in [1.165, 1.54) is 19.2 Å². The second-order valence-corrected chi connectivity index (χ2v) is 8.11. The van der Waals surface area contributed by atoms with Gasteiger partial charge in [0.2, 0.25) is 11.2 Å². The standard InChI is InChI=1S/C27H20N2O8/c1-13-11-18(31)24(32)25(36-13)23-22(14-7-8-17(30)21(12-14)35-2)28-26(29-23)20-10-9-19(37-20)15-5-3-4-6-16(15)27(33)34/h3-12,30,32H,1-2H3,(H,28,29)(H,33,34). The third kappa shape index (κ3) is 4.20. The van der Waals surface area contributed by atoms with Gasteiger partial charge in [-0.3, -0.25) is 4.79 Å². The minimum Gasteiger partial charge on any atom is -0.504 e. The fraction of sp³-hybridized carbons (Fsp3) is 0.0741. The number of carboxylic acid groups (broad SMARTS) is 1. The van der Waals surface area contributed by atoms with Gasteiger partial charge in [-0.15, -0.1) is 0 Å². The number of phenolic OH excluding ortho intramolecular Hbond substituents is 1. The molecular weight excluding hydrogens is 480 g/mol. The van der Waals surface area contributed by atoms with Crippen LogP contribution in [0.3, 0.4) is 0 Å². The summed E-state index contributed by atoms with van der Waals surface area (Å²) in [4.78, 5) is 31.6. The molecule has 2 aromatic carbocycles. The summed E-state index contributed by atoms with van der Waals surface area (Å²) >= 11 is 0. The number of phenols is 1. The predicted molar refractivity (Wildman–Crippen MR) is 133 cm³/mol. The molecule has 0 unspecified atom stereocenters. The Morgan fingerprint density at radius 1 is 1.00 bits per heavy atom. The predicted octanol–water partition coefficient (Wildman–Crippen LogP) is 5.05. The van der Waals surface area contributed by atoms with Crippen molar-refractivity contribution in [2.45, 2.75) is 6.92 Å². The van der Waals surface area contributed by atoms with Crippen molar-refractivity contribution in [2.24, 2.45) is 0 Å². The van der Waals surface area contributed by atoms with Gasteiger partial charge in [-0.25, -0.2) is 9.78 Å². The number of carbonyl (C=O) groups is 1. The number of H-pyrrole nitrogens is 1. The smallest absolute Gasteiger partial charge is 0.336 e. The molecule has 0 bridgehead atoms. The lowest BCUT2D eigenvalue weighted by molar-refractivity contribution is 0.0697. The van der Waals surface area contributed by atoms with Crippen LogP contribution in [0.2, 0.25) is 0 Å². The molecule has 37 heavy (non-hydrogen) atoms. The summed E-state index contributed by atoms with van der Waals surface area (Å²) in [5.74, 6) is -0.658. The monoisotopic (exact) mass is 500 g/mol. The van der Waals surface area contributed by atoms with E-state index in [1.54, 1.807) is 49.4 Å². The summed E-state index contributed by atoms with van der Waals surface area (Å²) in [6.45, 7) is 1.57. The molecule has 0 aliphatic rings. The number of methoxy groups -OCH3 is 1. The quantitative estimate of drug-likeness (QED) is 0.250. The molecule has 0 spiro atoms. The molecule has 0 aliphatic carbocycles. The summed E-state index contributed by atoms with van der Waals surface area (Å²) in [5, 5.41) is 30.1. The average molecular weight is 500 g/mol. The first-order chi connectivity index (χ1) is 17.8. The number of nitrogens with one attached hydrogen (secondary N) is 1. The maximum absolute atomic E-state index is 12.3. The van der Waals surface area contributed by atoms with Crippen LogP contribution < -0.4 is 10.2 Å². The van der Waals surface area contributed by atoms with Crippen LogP contribution >= 0.6 is 0 Å². The molecule has 0 aliphatic heterocycles. The molecule has 0 saturated heterocycles. The molecule has 186 valence electrons. The van der Waals surface area contributed by atoms with Crippen molar-refractivity contribution in [2.75, 3.05) is 7.11 Å². The first kappa shape index (κ1) is 23.5. The summed E-state index contributed by atoms with van der Waals surface area (Å²) in [6, 6.07) is 15.4. The van der Waals surface area contributed by atoms with E-state index in [-0.39, 0.29) is 51.6 Å². The van der Waals surface area contributed by atoms with Gasteiger partial charge in [-0.1, -0.05) is 18.2 Å². The lowest BCUT2D eigenvalue weighted by atomic mass is 10.1. The number of aromatic carboxylic acids is 1. The SMILES string of the molecule is COc1cc(-c2nc(-c3ccc(-c4ccccc4C(=O)O)o3)[nH]c2-c2oc(C)cc(=O)c2O)ccc1O. The van der Waals surface area contributed by atoms with Gasteiger partial charge in [0.05, 0.1) is 12.7 Å². The number of aryl methyl sites for hydroxylation is 1. The normalized spacial score (nSPS) is 11.0. The molecule has 0 fully saturated rings. The fourth-order valence-electron chi connectivity index (χ4n) is 3.96. The molecule has 0 atom stereocenters. The molecule has 0 amide bonds. The van der Waals surface area contributed by atoms with Crippen LogP contribution in [0, 0.1) is 6.92 Å². The van der Waals surface area contributed by atoms with Crippen molar-refractivity contribution in [3.8, 4) is 62.9 Å². The zero-order chi connectivity index (χ0) is 26.3. The minimum atomic E-state index is -1.10. The first-order valence-corrected chi connectivity index (χ1v) is 11.0. The largest absolute Gasteiger partial charge is 0.504 e. The number of hydrogen-bond acceptors (Lipinski definition) is 8. The molecule has 3 aromatic heterocycles. The molecule has 3 heterocycles. The van der Waals surface area contributed by atoms with Crippen molar-refractivity contribution in [3.05, 3.63) is 82.2 Å². The molecule has 0 radical (unpaired) electrons. The number of aromatic amines is 1. The molecular formula is C27H20N2O8. The number of benzene rings is 2. The summed E-state index contributed by atoms with van der Waals surface area (Å²) in [7, 11) is 1.40. The van der Waals surface area contributed by atoms with Crippen molar-refractivity contribution in [1.29, 1.82) is 0 Å². The van der Waals surface area contributed by atoms with Gasteiger partial charge in [-0.2, -0.15) is 0 Å². The van der Waals surface area contributed by atoms with Gasteiger partial charge in [0.1, 0.15) is 22.9 Å². The van der Waals surface area contributed by atoms with Crippen molar-refractivity contribution >= 4 is 5.97 Å². The Labute approximate surface area is 209 Å². The molecule has 5 rings (SSSR count). The van der Waals surface area contributed by atoms with Gasteiger partial charge in [-0.05, 0) is 43.3 Å².